The second-order valence-corrected chi connectivity index (χ2v) is 10.5. The third-order valence-corrected chi connectivity index (χ3v) is 7.54. The molecule has 3 rings (SSSR count). The van der Waals surface area contributed by atoms with E-state index in [0.29, 0.717) is 11.6 Å². The third-order valence-electron chi connectivity index (χ3n) is 4.48. The molecule has 0 aliphatic carbocycles. The van der Waals surface area contributed by atoms with Gasteiger partial charge >= 0.3 is 0 Å². The van der Waals surface area contributed by atoms with Gasteiger partial charge in [-0.2, -0.15) is 0 Å². The van der Waals surface area contributed by atoms with Crippen LogP contribution in [0.1, 0.15) is 25.3 Å². The number of hydrogen-bond acceptors (Lipinski definition) is 5. The highest BCUT2D eigenvalue weighted by Crippen LogP contribution is 2.24. The monoisotopic (exact) mass is 448 g/mol. The van der Waals surface area contributed by atoms with Crippen molar-refractivity contribution in [1.82, 2.24) is 4.83 Å². The summed E-state index contributed by atoms with van der Waals surface area (Å²) in [4.78, 5) is 1.82. The van der Waals surface area contributed by atoms with E-state index in [0.717, 1.165) is 17.7 Å². The maximum Gasteiger partial charge on any atom is 0.260 e. The minimum atomic E-state index is -4.14. The minimum Gasteiger partial charge on any atom is -0.308 e. The van der Waals surface area contributed by atoms with Crippen LogP contribution in [-0.2, 0) is 19.9 Å². The molecule has 0 bridgehead atoms. The van der Waals surface area contributed by atoms with Crippen LogP contribution in [0, 0.1) is 5.82 Å². The van der Waals surface area contributed by atoms with Gasteiger partial charge in [0.1, 0.15) is 10.7 Å². The Morgan fingerprint density at radius 2 is 1.30 bits per heavy atom. The zero-order valence-electron chi connectivity index (χ0n) is 16.3. The molecule has 0 radical (unpaired) electrons. The quantitative estimate of drug-likeness (QED) is 0.531. The van der Waals surface area contributed by atoms with Crippen LogP contribution in [0.25, 0.3) is 0 Å². The van der Waals surface area contributed by atoms with Gasteiger partial charge in [-0.15, -0.1) is 4.83 Å². The summed E-state index contributed by atoms with van der Waals surface area (Å²) >= 11 is 0. The molecule has 30 heavy (non-hydrogen) atoms. The van der Waals surface area contributed by atoms with Crippen LogP contribution >= 0.6 is 0 Å². The number of rotatable bonds is 7. The summed E-state index contributed by atoms with van der Waals surface area (Å²) < 4.78 is 63.7. The Kier molecular flexibility index (Phi) is 6.25. The van der Waals surface area contributed by atoms with Gasteiger partial charge in [0.2, 0.25) is 9.84 Å². The molecule has 158 valence electrons. The lowest BCUT2D eigenvalue weighted by atomic mass is 10.0. The summed E-state index contributed by atoms with van der Waals surface area (Å²) in [7, 11) is -7.84. The van der Waals surface area contributed by atoms with Crippen LogP contribution in [0.15, 0.2) is 87.5 Å². The van der Waals surface area contributed by atoms with Gasteiger partial charge in [-0.05, 0) is 60.0 Å². The molecular weight excluding hydrogens is 427 g/mol. The second kappa shape index (κ2) is 8.55. The second-order valence-electron chi connectivity index (χ2n) is 6.91. The van der Waals surface area contributed by atoms with E-state index < -0.39 is 30.6 Å². The first kappa shape index (κ1) is 21.9. The summed E-state index contributed by atoms with van der Waals surface area (Å²) in [5.74, 6) is -0.586. The van der Waals surface area contributed by atoms with Crippen LogP contribution < -0.4 is 10.3 Å². The Bertz CT molecular complexity index is 1240. The lowest BCUT2D eigenvalue weighted by Gasteiger charge is -2.11. The molecule has 0 heterocycles. The zero-order chi connectivity index (χ0) is 21.9. The molecule has 3 aromatic rings. The number of nitrogens with one attached hydrogen (secondary N) is 2. The van der Waals surface area contributed by atoms with E-state index >= 15 is 0 Å². The SMILES string of the molecule is CC(C)c1ccc(S(=O)(=O)c2ccc(NNS(=O)(=O)c3ccccc3F)cc2)cc1. The van der Waals surface area contributed by atoms with Crippen molar-refractivity contribution in [1.29, 1.82) is 0 Å². The standard InChI is InChI=1S/C21H21FN2O4S2/c1-15(2)16-7-11-18(12-8-16)29(25,26)19-13-9-17(10-14-19)23-24-30(27,28)21-6-4-3-5-20(21)22/h3-15,23-24H,1-2H3. The van der Waals surface area contributed by atoms with E-state index in [9.17, 15) is 21.2 Å². The summed E-state index contributed by atoms with van der Waals surface area (Å²) in [6.07, 6.45) is 0. The largest absolute Gasteiger partial charge is 0.308 e. The van der Waals surface area contributed by atoms with Crippen molar-refractivity contribution in [2.45, 2.75) is 34.5 Å². The van der Waals surface area contributed by atoms with Gasteiger partial charge < -0.3 is 5.43 Å². The van der Waals surface area contributed by atoms with Crippen molar-refractivity contribution < 1.29 is 21.2 Å². The van der Waals surface area contributed by atoms with Gasteiger partial charge in [0, 0.05) is 5.69 Å². The Morgan fingerprint density at radius 3 is 1.83 bits per heavy atom. The predicted molar refractivity (Wildman–Crippen MR) is 113 cm³/mol. The Labute approximate surface area is 175 Å². The fourth-order valence-electron chi connectivity index (χ4n) is 2.73. The molecule has 0 aliphatic heterocycles. The maximum absolute atomic E-state index is 13.7. The Hall–Kier alpha value is -2.75. The first-order chi connectivity index (χ1) is 14.1. The minimum absolute atomic E-state index is 0.0716. The summed E-state index contributed by atoms with van der Waals surface area (Å²) in [5, 5.41) is 0. The lowest BCUT2D eigenvalue weighted by molar-refractivity contribution is 0.561. The van der Waals surface area contributed by atoms with E-state index in [1.54, 1.807) is 24.3 Å². The molecule has 3 aromatic carbocycles. The summed E-state index contributed by atoms with van der Waals surface area (Å²) in [5.41, 5.74) is 3.78. The molecule has 0 fully saturated rings. The van der Waals surface area contributed by atoms with Crippen molar-refractivity contribution in [2.24, 2.45) is 0 Å². The number of benzene rings is 3. The fourth-order valence-corrected chi connectivity index (χ4v) is 4.93. The van der Waals surface area contributed by atoms with Crippen molar-refractivity contribution in [3.8, 4) is 0 Å². The number of sulfonamides is 1. The van der Waals surface area contributed by atoms with Crippen LogP contribution in [0.4, 0.5) is 10.1 Å². The third kappa shape index (κ3) is 4.69. The molecule has 2 N–H and O–H groups in total. The molecule has 0 saturated heterocycles. The number of anilines is 1. The molecule has 0 unspecified atom stereocenters. The molecule has 9 heteroatoms. The average molecular weight is 449 g/mol. The van der Waals surface area contributed by atoms with E-state index in [2.05, 4.69) is 10.3 Å². The predicted octanol–water partition coefficient (Wildman–Crippen LogP) is 4.09. The van der Waals surface area contributed by atoms with E-state index in [1.807, 2.05) is 13.8 Å². The smallest absolute Gasteiger partial charge is 0.260 e. The maximum atomic E-state index is 13.7. The van der Waals surface area contributed by atoms with Crippen molar-refractivity contribution in [2.75, 3.05) is 5.43 Å². The van der Waals surface area contributed by atoms with E-state index in [4.69, 9.17) is 0 Å². The van der Waals surface area contributed by atoms with Gasteiger partial charge in [-0.3, -0.25) is 0 Å². The topological polar surface area (TPSA) is 92.3 Å². The van der Waals surface area contributed by atoms with Crippen LogP contribution in [-0.4, -0.2) is 16.8 Å². The molecular formula is C21H21FN2O4S2. The summed E-state index contributed by atoms with van der Waals surface area (Å²) in [6, 6.07) is 17.2. The normalized spacial score (nSPS) is 12.1. The van der Waals surface area contributed by atoms with Gasteiger partial charge in [0.05, 0.1) is 9.79 Å². The Balaban J connectivity index is 1.75. The first-order valence-electron chi connectivity index (χ1n) is 9.09. The highest BCUT2D eigenvalue weighted by atomic mass is 32.2. The van der Waals surface area contributed by atoms with Crippen LogP contribution in [0.5, 0.6) is 0 Å². The van der Waals surface area contributed by atoms with Crippen molar-refractivity contribution >= 4 is 25.5 Å². The molecule has 0 saturated carbocycles. The Morgan fingerprint density at radius 1 is 0.767 bits per heavy atom. The summed E-state index contributed by atoms with van der Waals surface area (Å²) in [6.45, 7) is 4.05. The number of halogens is 1. The van der Waals surface area contributed by atoms with Gasteiger partial charge in [0.15, 0.2) is 0 Å². The molecule has 0 aromatic heterocycles. The molecule has 0 atom stereocenters. The molecule has 0 aliphatic rings. The first-order valence-corrected chi connectivity index (χ1v) is 12.1. The van der Waals surface area contributed by atoms with Crippen molar-refractivity contribution in [3.05, 3.63) is 84.2 Å². The average Bonchev–Trinajstić information content (AvgIpc) is 2.73. The number of hydrazine groups is 1. The van der Waals surface area contributed by atoms with Gasteiger partial charge in [0.25, 0.3) is 10.0 Å². The van der Waals surface area contributed by atoms with E-state index in [1.165, 1.54) is 36.4 Å². The highest BCUT2D eigenvalue weighted by molar-refractivity contribution is 7.91. The molecule has 0 amide bonds. The zero-order valence-corrected chi connectivity index (χ0v) is 18.0. The van der Waals surface area contributed by atoms with Gasteiger partial charge in [-0.25, -0.2) is 21.2 Å². The van der Waals surface area contributed by atoms with Crippen LogP contribution in [0.3, 0.4) is 0 Å². The molecule has 0 spiro atoms. The van der Waals surface area contributed by atoms with Crippen LogP contribution in [0.2, 0.25) is 0 Å². The fraction of sp³-hybridized carbons (Fsp3) is 0.143. The highest BCUT2D eigenvalue weighted by Gasteiger charge is 2.19. The van der Waals surface area contributed by atoms with E-state index in [-0.39, 0.29) is 9.79 Å². The molecule has 6 nitrogen and oxygen atoms in total. The number of sulfone groups is 1. The van der Waals surface area contributed by atoms with Crippen molar-refractivity contribution in [3.63, 3.8) is 0 Å². The lowest BCUT2D eigenvalue weighted by Crippen LogP contribution is -2.30. The van der Waals surface area contributed by atoms with Gasteiger partial charge in [-0.1, -0.05) is 38.1 Å². The number of hydrogen-bond donors (Lipinski definition) is 2.